The van der Waals surface area contributed by atoms with Gasteiger partial charge in [-0.25, -0.2) is 19.7 Å². The summed E-state index contributed by atoms with van der Waals surface area (Å²) in [5.41, 5.74) is 8.29. The number of aliphatic hydroxyl groups is 9. The monoisotopic (exact) mass is 2130 g/mol. The molecule has 0 aliphatic heterocycles. The lowest BCUT2D eigenvalue weighted by atomic mass is 9.98. The van der Waals surface area contributed by atoms with Gasteiger partial charge in [-0.15, -0.1) is 0 Å². The molecule has 7 aromatic rings. The van der Waals surface area contributed by atoms with Gasteiger partial charge in [0.2, 0.25) is 59.1 Å². The number of ether oxygens (including phenoxy) is 1. The summed E-state index contributed by atoms with van der Waals surface area (Å²) < 4.78 is 7.08. The Hall–Kier alpha value is -13.2. The van der Waals surface area contributed by atoms with Crippen LogP contribution in [0.3, 0.4) is 0 Å². The number of benzene rings is 4. The van der Waals surface area contributed by atoms with E-state index in [-0.39, 0.29) is 168 Å². The van der Waals surface area contributed by atoms with Gasteiger partial charge in [0.15, 0.2) is 11.2 Å². The number of aromatic nitrogens is 6. The third-order valence-electron chi connectivity index (χ3n) is 23.1. The molecule has 12 amide bonds. The number of carbonyl (C=O) groups excluding carboxylic acids is 12. The van der Waals surface area contributed by atoms with E-state index < -0.39 is 246 Å². The predicted molar refractivity (Wildman–Crippen MR) is 546 cm³/mol. The van der Waals surface area contributed by atoms with Crippen molar-refractivity contribution in [3.05, 3.63) is 163 Å². The molecule has 0 aliphatic rings. The zero-order chi connectivity index (χ0) is 108. The number of H-pyrrole nitrogens is 1. The molecule has 0 bridgehead atoms. The van der Waals surface area contributed by atoms with Gasteiger partial charge in [0.1, 0.15) is 42.6 Å². The molecule has 4 aromatic carbocycles. The smallest absolute Gasteiger partial charge is 0.407 e. The molecule has 13 atom stereocenters. The summed E-state index contributed by atoms with van der Waals surface area (Å²) in [6.45, 7) is 4.87. The molecular formula is C97H135ClN20O28S2. The Kier molecular flexibility index (Phi) is 52.8. The van der Waals surface area contributed by atoms with Crippen molar-refractivity contribution in [3.8, 4) is 0 Å². The number of rotatable bonds is 68. The fraction of sp³-hybridized carbons (Fsp3) is 0.526. The number of nitrogens with one attached hydrogen (secondary N) is 13. The van der Waals surface area contributed by atoms with Crippen molar-refractivity contribution in [2.75, 3.05) is 88.3 Å². The van der Waals surface area contributed by atoms with Crippen LogP contribution in [0.5, 0.6) is 0 Å². The summed E-state index contributed by atoms with van der Waals surface area (Å²) in [4.78, 5) is 242. The number of hydrogen-bond donors (Lipinski definition) is 25. The maximum atomic E-state index is 15.0. The van der Waals surface area contributed by atoms with Gasteiger partial charge in [0.05, 0.1) is 98.4 Å². The van der Waals surface area contributed by atoms with E-state index in [0.717, 1.165) is 11.1 Å². The van der Waals surface area contributed by atoms with Gasteiger partial charge >= 0.3 is 18.0 Å². The van der Waals surface area contributed by atoms with E-state index in [1.807, 2.05) is 63.2 Å². The zero-order valence-corrected chi connectivity index (χ0v) is 84.9. The number of anilines is 2. The first kappa shape index (κ1) is 122. The average Bonchev–Trinajstić information content (AvgIpc) is 0.757. The number of aliphatic carboxylic acids is 2. The number of aliphatic hydroxyl groups excluding tert-OH is 9. The Balaban J connectivity index is 1.04. The molecule has 0 saturated heterocycles. The third kappa shape index (κ3) is 43.7. The number of fused-ring (bicyclic) bond motifs is 2. The van der Waals surface area contributed by atoms with Crippen LogP contribution in [0.25, 0.3) is 22.1 Å². The van der Waals surface area contributed by atoms with E-state index in [1.165, 1.54) is 39.9 Å². The van der Waals surface area contributed by atoms with E-state index >= 15 is 0 Å². The molecule has 3 aromatic heterocycles. The van der Waals surface area contributed by atoms with Crippen molar-refractivity contribution < 1.29 is 128 Å². The topological polar surface area (TPSA) is 751 Å². The Bertz CT molecular complexity index is 5670. The number of carbonyl (C=O) groups is 14. The van der Waals surface area contributed by atoms with Crippen LogP contribution in [0.1, 0.15) is 192 Å². The second-order valence-electron chi connectivity index (χ2n) is 35.7. The summed E-state index contributed by atoms with van der Waals surface area (Å²) in [5.74, 6) is -12.9. The van der Waals surface area contributed by atoms with Gasteiger partial charge < -0.3 is 135 Å². The zero-order valence-electron chi connectivity index (χ0n) is 82.5. The molecule has 48 nitrogen and oxygen atoms in total. The number of nitrogens with zero attached hydrogens (tertiary/aromatic N) is 6. The molecule has 26 N–H and O–H groups in total. The molecule has 0 spiro atoms. The molecule has 810 valence electrons. The van der Waals surface area contributed by atoms with Gasteiger partial charge in [-0.05, 0) is 144 Å². The fourth-order valence-electron chi connectivity index (χ4n) is 15.2. The van der Waals surface area contributed by atoms with Crippen molar-refractivity contribution in [2.45, 2.75) is 242 Å². The lowest BCUT2D eigenvalue weighted by Gasteiger charge is -2.35. The average molecular weight is 2130 g/mol. The SMILES string of the molecule is Cc1ccc(C(=O)N(CCCNC(=O)OCCSSC[C@@H](C)NC(=O)[C@H](CCC(=O)NCC[C@@H](O)C[C@H](O)CO)NC(=O)[C@H](CCC(=O)O)NC(=O)[C@H](CCC(=O)NCC[C@@H](O)C[C@H](O)CO)NC(=O)[C@H](CCC(=O)O)NC(=O)[C@H](CCC(=O)NCC[C@@H](O)C[C@H](O)CO)NC(=O)CCCNC(=O)c2ccc(NCc3cnc4nc(N)[nH]c(=O)c4n3)cc2)C(c2nc3cc(Cl)ccc3c(=O)n2Cc2ccccc2)C(C)C)cc1. The normalized spacial score (nSPS) is 14.0. The van der Waals surface area contributed by atoms with E-state index in [0.29, 0.717) is 38.7 Å². The number of aryl methyl sites for hydroxylation is 1. The summed E-state index contributed by atoms with van der Waals surface area (Å²) in [5, 5.41) is 140. The Morgan fingerprint density at radius 3 is 1.51 bits per heavy atom. The first-order valence-electron chi connectivity index (χ1n) is 48.5. The summed E-state index contributed by atoms with van der Waals surface area (Å²) in [6, 6.07) is 16.5. The highest BCUT2D eigenvalue weighted by Crippen LogP contribution is 2.32. The van der Waals surface area contributed by atoms with Crippen molar-refractivity contribution >= 4 is 150 Å². The highest BCUT2D eigenvalue weighted by molar-refractivity contribution is 8.76. The van der Waals surface area contributed by atoms with Crippen molar-refractivity contribution in [3.63, 3.8) is 0 Å². The predicted octanol–water partition coefficient (Wildman–Crippen LogP) is 0.00522. The van der Waals surface area contributed by atoms with Gasteiger partial charge in [-0.1, -0.05) is 95.1 Å². The number of nitrogens with two attached hydrogens (primary N) is 1. The summed E-state index contributed by atoms with van der Waals surface area (Å²) in [7, 11) is 2.48. The number of hydrogen-bond acceptors (Lipinski definition) is 34. The largest absolute Gasteiger partial charge is 0.481 e. The second-order valence-corrected chi connectivity index (χ2v) is 38.8. The number of halogens is 1. The van der Waals surface area contributed by atoms with Crippen LogP contribution in [-0.2, 0) is 70.6 Å². The van der Waals surface area contributed by atoms with Crippen LogP contribution in [0.2, 0.25) is 5.02 Å². The van der Waals surface area contributed by atoms with E-state index in [2.05, 4.69) is 83.7 Å². The molecule has 1 unspecified atom stereocenters. The lowest BCUT2D eigenvalue weighted by Crippen LogP contribution is -2.59. The molecule has 3 heterocycles. The quantitative estimate of drug-likeness (QED) is 0.0176. The van der Waals surface area contributed by atoms with Crippen molar-refractivity contribution in [1.29, 1.82) is 0 Å². The first-order valence-corrected chi connectivity index (χ1v) is 51.3. The van der Waals surface area contributed by atoms with E-state index in [9.17, 15) is 133 Å². The molecule has 0 aliphatic carbocycles. The minimum atomic E-state index is -2.00. The molecule has 0 fully saturated rings. The second kappa shape index (κ2) is 64.2. The fourth-order valence-corrected chi connectivity index (χ4v) is 17.4. The Morgan fingerprint density at radius 2 is 1.01 bits per heavy atom. The van der Waals surface area contributed by atoms with Crippen LogP contribution >= 0.6 is 33.2 Å². The first-order chi connectivity index (χ1) is 70.6. The highest BCUT2D eigenvalue weighted by atomic mass is 35.5. The van der Waals surface area contributed by atoms with E-state index in [1.54, 1.807) is 58.9 Å². The third-order valence-corrected chi connectivity index (χ3v) is 25.8. The van der Waals surface area contributed by atoms with Gasteiger partial charge in [0.25, 0.3) is 22.9 Å². The van der Waals surface area contributed by atoms with Crippen LogP contribution in [0.4, 0.5) is 16.4 Å². The maximum absolute atomic E-state index is 15.0. The number of carboxylic acid groups (broad SMARTS) is 2. The molecule has 0 radical (unpaired) electrons. The van der Waals surface area contributed by atoms with Crippen molar-refractivity contribution in [2.24, 2.45) is 5.92 Å². The van der Waals surface area contributed by atoms with E-state index in [4.69, 9.17) is 27.1 Å². The minimum Gasteiger partial charge on any atom is -0.481 e. The number of carboxylic acids is 2. The number of aromatic amines is 1. The molecule has 7 rings (SSSR count). The molecule has 51 heteroatoms. The Labute approximate surface area is 864 Å². The van der Waals surface area contributed by atoms with Crippen LogP contribution in [0, 0.1) is 12.8 Å². The molecular weight excluding hydrogens is 1990 g/mol. The number of nitrogen functional groups attached to an aromatic ring is 1. The number of alkyl carbamates (subject to hydrolysis) is 1. The molecule has 148 heavy (non-hydrogen) atoms. The summed E-state index contributed by atoms with van der Waals surface area (Å²) in [6.07, 6.45) is -15.0. The van der Waals surface area contributed by atoms with Crippen LogP contribution in [0.15, 0.2) is 113 Å². The van der Waals surface area contributed by atoms with Crippen LogP contribution < -0.4 is 80.7 Å². The lowest BCUT2D eigenvalue weighted by molar-refractivity contribution is -0.139. The minimum absolute atomic E-state index is 0.0320. The maximum Gasteiger partial charge on any atom is 0.407 e. The summed E-state index contributed by atoms with van der Waals surface area (Å²) >= 11 is 6.46. The van der Waals surface area contributed by atoms with Crippen LogP contribution in [-0.4, -0.2) is 324 Å². The Morgan fingerprint density at radius 1 is 0.520 bits per heavy atom. The van der Waals surface area contributed by atoms with Crippen molar-refractivity contribution in [1.82, 2.24) is 92.9 Å². The van der Waals surface area contributed by atoms with Gasteiger partial charge in [0, 0.05) is 136 Å². The molecule has 0 saturated carbocycles. The number of amides is 12. The standard InChI is InChI=1S/C97H135ClN20O28S2/c1-55(2)84(86-110-76-44-61(98)19-22-70(76)95(144)118(86)50-58-10-6-5-7-11-58)117(94(143)60-15-13-56(3)14-16-60)41-9-37-104-97(145)146-42-43-147-148-54-57(4)107-88(137)72(24-29-78(129)101-39-34-65(123)46-68(126)52-120)111-91(140)75(27-32-82(134)135)114-90(139)73(25-30-79(130)102-40-35-66(124)47-69(127)53-121)112-92(141)74(26-31-81(132)133)113-89(138)71(23-28-77(128)100-38-33-64(122)45-67(125)51-119)109-80(131)12-8-36-103-87(136)59-17-20-62(21-18-59)105-48-63-49-106-85-83(108-63)93(142)116-96(99)115-85/h5-7,10-11,13-22,44,49,55,57,64-69,71-75,84,105,119-127H,8-9,12,23-43,45-48,50-54H2,1-4H3,(H,100,128)(H,101,129)(H,102,130)(H,103,136)(H,104,145)(H,107,137)(H,109,131)(H,111,140)(H,112,141)(H,113,138)(H,114,139)(H,132,133)(H,134,135)(H3,99,106,115,116,142)/t57-,64-,65-,66-,67+,68+,69+,71+,72+,73+,74+,75+,84?/m1/s1. The highest BCUT2D eigenvalue weighted by Gasteiger charge is 2.37. The van der Waals surface area contributed by atoms with Gasteiger partial charge in [-0.3, -0.25) is 81.5 Å². The van der Waals surface area contributed by atoms with Gasteiger partial charge in [-0.2, -0.15) is 4.98 Å².